The molecule has 0 unspecified atom stereocenters. The largest absolute Gasteiger partial charge is 0.243 e. The van der Waals surface area contributed by atoms with E-state index in [0.717, 1.165) is 47.7 Å². The number of rotatable bonds is 5. The van der Waals surface area contributed by atoms with E-state index >= 15 is 0 Å². The molecule has 0 bridgehead atoms. The van der Waals surface area contributed by atoms with Gasteiger partial charge in [0.1, 0.15) is 0 Å². The van der Waals surface area contributed by atoms with E-state index < -0.39 is 10.0 Å². The van der Waals surface area contributed by atoms with Crippen molar-refractivity contribution in [3.63, 3.8) is 0 Å². The second-order valence-corrected chi connectivity index (χ2v) is 9.84. The molecule has 30 heavy (non-hydrogen) atoms. The molecular formula is C22H23N5O2S. The van der Waals surface area contributed by atoms with Gasteiger partial charge < -0.3 is 0 Å². The monoisotopic (exact) mass is 421 g/mol. The van der Waals surface area contributed by atoms with Crippen LogP contribution < -0.4 is 0 Å². The maximum absolute atomic E-state index is 13.6. The Balaban J connectivity index is 1.65. The summed E-state index contributed by atoms with van der Waals surface area (Å²) in [4.78, 5) is 0.323. The van der Waals surface area contributed by atoms with Crippen molar-refractivity contribution in [2.24, 2.45) is 0 Å². The number of fused-ring (bicyclic) bond motifs is 3. The summed E-state index contributed by atoms with van der Waals surface area (Å²) in [6, 6.07) is 16.8. The van der Waals surface area contributed by atoms with Gasteiger partial charge in [0.2, 0.25) is 10.0 Å². The van der Waals surface area contributed by atoms with Crippen molar-refractivity contribution in [3.8, 4) is 0 Å². The van der Waals surface area contributed by atoms with Crippen molar-refractivity contribution in [1.82, 2.24) is 24.3 Å². The average molecular weight is 422 g/mol. The molecule has 1 aliphatic rings. The van der Waals surface area contributed by atoms with E-state index in [2.05, 4.69) is 21.6 Å². The molecule has 2 aromatic carbocycles. The lowest BCUT2D eigenvalue weighted by atomic mass is 10.1. The zero-order chi connectivity index (χ0) is 20.7. The number of hydrogen-bond acceptors (Lipinski definition) is 5. The van der Waals surface area contributed by atoms with Gasteiger partial charge in [-0.3, -0.25) is 0 Å². The zero-order valence-electron chi connectivity index (χ0n) is 16.8. The molecule has 0 atom stereocenters. The summed E-state index contributed by atoms with van der Waals surface area (Å²) in [6.07, 6.45) is 3.84. The van der Waals surface area contributed by atoms with E-state index in [1.807, 2.05) is 31.2 Å². The van der Waals surface area contributed by atoms with Crippen molar-refractivity contribution < 1.29 is 8.42 Å². The quantitative estimate of drug-likeness (QED) is 0.491. The van der Waals surface area contributed by atoms with Gasteiger partial charge in [-0.1, -0.05) is 42.7 Å². The van der Waals surface area contributed by atoms with E-state index in [0.29, 0.717) is 10.5 Å². The summed E-state index contributed by atoms with van der Waals surface area (Å²) in [5.41, 5.74) is 3.44. The van der Waals surface area contributed by atoms with Crippen LogP contribution in [-0.2, 0) is 16.6 Å². The van der Waals surface area contributed by atoms with Crippen LogP contribution in [0.2, 0.25) is 0 Å². The van der Waals surface area contributed by atoms with E-state index in [1.54, 1.807) is 33.1 Å². The lowest BCUT2D eigenvalue weighted by molar-refractivity contribution is 0.316. The van der Waals surface area contributed by atoms with Crippen LogP contribution in [0.5, 0.6) is 0 Å². The third kappa shape index (κ3) is 3.26. The highest BCUT2D eigenvalue weighted by atomic mass is 32.2. The molecule has 1 aliphatic carbocycles. The summed E-state index contributed by atoms with van der Waals surface area (Å²) in [7, 11) is -3.64. The molecular weight excluding hydrogens is 398 g/mol. The number of sulfonamides is 1. The Morgan fingerprint density at radius 3 is 2.60 bits per heavy atom. The highest BCUT2D eigenvalue weighted by Gasteiger charge is 2.34. The van der Waals surface area contributed by atoms with Crippen LogP contribution in [0.25, 0.3) is 16.6 Å². The van der Waals surface area contributed by atoms with Gasteiger partial charge in [-0.2, -0.15) is 8.82 Å². The number of aryl methyl sites for hydroxylation is 1. The smallest absolute Gasteiger partial charge is 0.207 e. The van der Waals surface area contributed by atoms with Crippen molar-refractivity contribution in [3.05, 3.63) is 65.7 Å². The van der Waals surface area contributed by atoms with Crippen LogP contribution in [0.15, 0.2) is 59.5 Å². The van der Waals surface area contributed by atoms with E-state index in [4.69, 9.17) is 0 Å². The Morgan fingerprint density at radius 2 is 1.83 bits per heavy atom. The zero-order valence-corrected chi connectivity index (χ0v) is 17.6. The fourth-order valence-electron chi connectivity index (χ4n) is 4.40. The maximum atomic E-state index is 13.6. The highest BCUT2D eigenvalue weighted by Crippen LogP contribution is 2.31. The molecule has 0 amide bonds. The van der Waals surface area contributed by atoms with Crippen LogP contribution in [0.1, 0.15) is 36.8 Å². The first kappa shape index (κ1) is 19.1. The molecule has 1 fully saturated rings. The molecule has 0 aliphatic heterocycles. The van der Waals surface area contributed by atoms with Crippen molar-refractivity contribution in [2.45, 2.75) is 50.1 Å². The van der Waals surface area contributed by atoms with Gasteiger partial charge >= 0.3 is 0 Å². The molecule has 0 radical (unpaired) electrons. The lowest BCUT2D eigenvalue weighted by Gasteiger charge is -2.28. The van der Waals surface area contributed by atoms with E-state index in [9.17, 15) is 8.42 Å². The minimum absolute atomic E-state index is 0.0145. The van der Waals surface area contributed by atoms with Gasteiger partial charge in [0.15, 0.2) is 5.65 Å². The fourth-order valence-corrected chi connectivity index (χ4v) is 6.08. The van der Waals surface area contributed by atoms with Crippen LogP contribution >= 0.6 is 0 Å². The Kier molecular flexibility index (Phi) is 4.75. The van der Waals surface area contributed by atoms with Crippen LogP contribution in [0, 0.1) is 6.92 Å². The van der Waals surface area contributed by atoms with Crippen molar-refractivity contribution in [1.29, 1.82) is 0 Å². The molecule has 1 saturated carbocycles. The van der Waals surface area contributed by atoms with Gasteiger partial charge in [0, 0.05) is 23.5 Å². The van der Waals surface area contributed by atoms with Crippen molar-refractivity contribution >= 4 is 26.6 Å². The molecule has 2 heterocycles. The van der Waals surface area contributed by atoms with Gasteiger partial charge in [-0.15, -0.1) is 5.10 Å². The molecule has 8 heteroatoms. The molecule has 154 valence electrons. The predicted octanol–water partition coefficient (Wildman–Crippen LogP) is 3.72. The number of hydrogen-bond donors (Lipinski definition) is 0. The van der Waals surface area contributed by atoms with Crippen molar-refractivity contribution in [2.75, 3.05) is 0 Å². The predicted molar refractivity (Wildman–Crippen MR) is 114 cm³/mol. The number of tetrazole rings is 1. The van der Waals surface area contributed by atoms with Crippen LogP contribution in [0.3, 0.4) is 0 Å². The first-order valence-electron chi connectivity index (χ1n) is 10.2. The second kappa shape index (κ2) is 7.45. The highest BCUT2D eigenvalue weighted by molar-refractivity contribution is 7.89. The standard InChI is InChI=1S/C22H23N5O2S/c1-16-11-12-21-17(13-16)14-18(22-23-24-25-27(21)22)15-26(19-7-5-6-8-19)30(28,29)20-9-3-2-4-10-20/h2-4,9-14,19H,5-8,15H2,1H3. The fraction of sp³-hybridized carbons (Fsp3) is 0.318. The molecule has 7 nitrogen and oxygen atoms in total. The van der Waals surface area contributed by atoms with E-state index in [1.165, 1.54) is 0 Å². The SMILES string of the molecule is Cc1ccc2c(c1)cc(CN(C1CCCC1)S(=O)(=O)c1ccccc1)c1nnnn12. The Bertz CT molecular complexity index is 1310. The first-order valence-corrected chi connectivity index (χ1v) is 11.7. The summed E-state index contributed by atoms with van der Waals surface area (Å²) in [5, 5.41) is 13.2. The minimum Gasteiger partial charge on any atom is -0.207 e. The van der Waals surface area contributed by atoms with Gasteiger partial charge in [-0.05, 0) is 60.5 Å². The summed E-state index contributed by atoms with van der Waals surface area (Å²) in [5.74, 6) is 0. The topological polar surface area (TPSA) is 80.5 Å². The lowest BCUT2D eigenvalue weighted by Crippen LogP contribution is -2.38. The first-order chi connectivity index (χ1) is 14.5. The van der Waals surface area contributed by atoms with Gasteiger partial charge in [-0.25, -0.2) is 8.42 Å². The Morgan fingerprint density at radius 1 is 1.07 bits per heavy atom. The van der Waals surface area contributed by atoms with Crippen LogP contribution in [0.4, 0.5) is 0 Å². The summed E-state index contributed by atoms with van der Waals surface area (Å²) < 4.78 is 30.5. The normalized spacial score (nSPS) is 15.5. The molecule has 2 aromatic heterocycles. The minimum atomic E-state index is -3.64. The Hall–Kier alpha value is -2.84. The third-order valence-corrected chi connectivity index (χ3v) is 7.82. The Labute approximate surface area is 175 Å². The molecule has 0 N–H and O–H groups in total. The van der Waals surface area contributed by atoms with E-state index in [-0.39, 0.29) is 12.6 Å². The second-order valence-electron chi connectivity index (χ2n) is 7.95. The summed E-state index contributed by atoms with van der Waals surface area (Å²) >= 11 is 0. The molecule has 0 spiro atoms. The molecule has 0 saturated heterocycles. The molecule has 5 rings (SSSR count). The molecule has 4 aromatic rings. The summed E-state index contributed by atoms with van der Waals surface area (Å²) in [6.45, 7) is 2.28. The third-order valence-electron chi connectivity index (χ3n) is 5.91. The van der Waals surface area contributed by atoms with Gasteiger partial charge in [0.25, 0.3) is 0 Å². The number of nitrogens with zero attached hydrogens (tertiary/aromatic N) is 5. The van der Waals surface area contributed by atoms with Gasteiger partial charge in [0.05, 0.1) is 10.4 Å². The number of aromatic nitrogens is 4. The maximum Gasteiger partial charge on any atom is 0.243 e. The van der Waals surface area contributed by atoms with Crippen LogP contribution in [-0.4, -0.2) is 38.8 Å². The number of pyridine rings is 1. The average Bonchev–Trinajstić information content (AvgIpc) is 3.44. The number of benzene rings is 2.